The van der Waals surface area contributed by atoms with Gasteiger partial charge in [-0.1, -0.05) is 31.3 Å². The Morgan fingerprint density at radius 2 is 1.90 bits per heavy atom. The molecule has 0 aliphatic heterocycles. The molecule has 0 N–H and O–H groups in total. The highest BCUT2D eigenvalue weighted by Crippen LogP contribution is 2.34. The predicted octanol–water partition coefficient (Wildman–Crippen LogP) is 3.18. The molecule has 1 aliphatic carbocycles. The van der Waals surface area contributed by atoms with Crippen LogP contribution in [0.3, 0.4) is 0 Å². The molecule has 0 bridgehead atoms. The van der Waals surface area contributed by atoms with E-state index in [0.717, 1.165) is 12.8 Å². The smallest absolute Gasteiger partial charge is 0.247 e. The van der Waals surface area contributed by atoms with Crippen LogP contribution in [0.25, 0.3) is 0 Å². The number of sulfone groups is 1. The van der Waals surface area contributed by atoms with Gasteiger partial charge >= 0.3 is 0 Å². The maximum atomic E-state index is 12.3. The van der Waals surface area contributed by atoms with Gasteiger partial charge in [0.05, 0.1) is 5.75 Å². The van der Waals surface area contributed by atoms with Crippen molar-refractivity contribution >= 4 is 9.84 Å². The Hall–Kier alpha value is -0.910. The average Bonchev–Trinajstić information content (AvgIpc) is 2.89. The lowest BCUT2D eigenvalue weighted by Crippen LogP contribution is -2.31. The van der Waals surface area contributed by atoms with E-state index in [1.807, 2.05) is 6.92 Å². The first kappa shape index (κ1) is 15.5. The molecule has 0 amide bonds. The van der Waals surface area contributed by atoms with Gasteiger partial charge in [0.1, 0.15) is 4.75 Å². The Kier molecular flexibility index (Phi) is 4.52. The summed E-state index contributed by atoms with van der Waals surface area (Å²) in [4.78, 5) is 4.40. The summed E-state index contributed by atoms with van der Waals surface area (Å²) in [5, 5.41) is 4.03. The Morgan fingerprint density at radius 3 is 2.50 bits per heavy atom. The van der Waals surface area contributed by atoms with Crippen LogP contribution in [-0.2, 0) is 14.6 Å². The highest BCUT2D eigenvalue weighted by Gasteiger charge is 2.41. The predicted molar refractivity (Wildman–Crippen MR) is 77.2 cm³/mol. The van der Waals surface area contributed by atoms with Crippen molar-refractivity contribution < 1.29 is 12.9 Å². The number of rotatable bonds is 5. The topological polar surface area (TPSA) is 73.1 Å². The first-order chi connectivity index (χ1) is 9.38. The molecule has 1 aromatic rings. The summed E-state index contributed by atoms with van der Waals surface area (Å²) in [6.07, 6.45) is 6.37. The molecular weight excluding hydrogens is 276 g/mol. The normalized spacial score (nSPS) is 18.4. The summed E-state index contributed by atoms with van der Waals surface area (Å²) in [6.45, 7) is 5.15. The zero-order valence-corrected chi connectivity index (χ0v) is 13.4. The van der Waals surface area contributed by atoms with Crippen LogP contribution in [0.5, 0.6) is 0 Å². The minimum absolute atomic E-state index is 0.140. The second-order valence-corrected chi connectivity index (χ2v) is 8.78. The summed E-state index contributed by atoms with van der Waals surface area (Å²) in [5.41, 5.74) is 0. The standard InChI is InChI=1S/C14H24N2O3S/c1-4-10-20(17,18)14(2,3)13-15-12(16-19-13)11-8-6-5-7-9-11/h11H,4-10H2,1-3H3. The minimum Gasteiger partial charge on any atom is -0.338 e. The average molecular weight is 300 g/mol. The molecule has 1 saturated carbocycles. The molecule has 0 spiro atoms. The largest absolute Gasteiger partial charge is 0.338 e. The van der Waals surface area contributed by atoms with Gasteiger partial charge in [-0.3, -0.25) is 0 Å². The van der Waals surface area contributed by atoms with Crippen molar-refractivity contribution in [1.82, 2.24) is 10.1 Å². The number of nitrogens with zero attached hydrogens (tertiary/aromatic N) is 2. The van der Waals surface area contributed by atoms with Crippen LogP contribution < -0.4 is 0 Å². The fourth-order valence-corrected chi connectivity index (χ4v) is 4.06. The molecular formula is C14H24N2O3S. The van der Waals surface area contributed by atoms with Gasteiger partial charge in [0.25, 0.3) is 0 Å². The number of hydrogen-bond donors (Lipinski definition) is 0. The van der Waals surface area contributed by atoms with Crippen LogP contribution in [-0.4, -0.2) is 24.3 Å². The zero-order chi connectivity index (χ0) is 14.8. The van der Waals surface area contributed by atoms with Crippen molar-refractivity contribution in [3.8, 4) is 0 Å². The van der Waals surface area contributed by atoms with Crippen molar-refractivity contribution in [1.29, 1.82) is 0 Å². The molecule has 0 atom stereocenters. The molecule has 2 rings (SSSR count). The first-order valence-electron chi connectivity index (χ1n) is 7.45. The van der Waals surface area contributed by atoms with E-state index in [0.29, 0.717) is 18.2 Å². The molecule has 114 valence electrons. The lowest BCUT2D eigenvalue weighted by Gasteiger charge is -2.20. The Bertz CT molecular complexity index is 543. The SMILES string of the molecule is CCCS(=O)(=O)C(C)(C)c1nc(C2CCCCC2)no1. The third kappa shape index (κ3) is 2.90. The fourth-order valence-electron chi connectivity index (χ4n) is 2.66. The lowest BCUT2D eigenvalue weighted by atomic mass is 9.89. The molecule has 1 heterocycles. The maximum absolute atomic E-state index is 12.3. The van der Waals surface area contributed by atoms with Gasteiger partial charge in [-0.25, -0.2) is 8.42 Å². The quantitative estimate of drug-likeness (QED) is 0.835. The van der Waals surface area contributed by atoms with Crippen molar-refractivity contribution in [3.63, 3.8) is 0 Å². The van der Waals surface area contributed by atoms with Gasteiger partial charge in [0, 0.05) is 5.92 Å². The third-order valence-corrected chi connectivity index (χ3v) is 6.85. The highest BCUT2D eigenvalue weighted by molar-refractivity contribution is 7.92. The van der Waals surface area contributed by atoms with Crippen LogP contribution in [0.2, 0.25) is 0 Å². The Morgan fingerprint density at radius 1 is 1.25 bits per heavy atom. The van der Waals surface area contributed by atoms with E-state index in [2.05, 4.69) is 10.1 Å². The molecule has 1 aliphatic rings. The summed E-state index contributed by atoms with van der Waals surface area (Å²) < 4.78 is 28.8. The van der Waals surface area contributed by atoms with Crippen LogP contribution in [0, 0.1) is 0 Å². The van der Waals surface area contributed by atoms with Crippen molar-refractivity contribution in [3.05, 3.63) is 11.7 Å². The summed E-state index contributed by atoms with van der Waals surface area (Å²) >= 11 is 0. The van der Waals surface area contributed by atoms with Gasteiger partial charge in [0.2, 0.25) is 5.89 Å². The molecule has 1 aromatic heterocycles. The highest BCUT2D eigenvalue weighted by atomic mass is 32.2. The van der Waals surface area contributed by atoms with Gasteiger partial charge in [-0.2, -0.15) is 4.98 Å². The van der Waals surface area contributed by atoms with Crippen LogP contribution in [0.4, 0.5) is 0 Å². The lowest BCUT2D eigenvalue weighted by molar-refractivity contribution is 0.335. The van der Waals surface area contributed by atoms with E-state index in [-0.39, 0.29) is 11.6 Å². The molecule has 0 aromatic carbocycles. The molecule has 20 heavy (non-hydrogen) atoms. The van der Waals surface area contributed by atoms with E-state index in [1.165, 1.54) is 19.3 Å². The van der Waals surface area contributed by atoms with Crippen molar-refractivity contribution in [2.75, 3.05) is 5.75 Å². The Balaban J connectivity index is 2.23. The second-order valence-electron chi connectivity index (χ2n) is 6.12. The molecule has 1 fully saturated rings. The number of hydrogen-bond acceptors (Lipinski definition) is 5. The molecule has 0 unspecified atom stereocenters. The van der Waals surface area contributed by atoms with Crippen LogP contribution in [0.1, 0.15) is 76.9 Å². The molecule has 5 nitrogen and oxygen atoms in total. The second kappa shape index (κ2) is 5.84. The minimum atomic E-state index is -3.28. The first-order valence-corrected chi connectivity index (χ1v) is 9.10. The van der Waals surface area contributed by atoms with E-state index in [9.17, 15) is 8.42 Å². The molecule has 0 saturated heterocycles. The van der Waals surface area contributed by atoms with E-state index >= 15 is 0 Å². The maximum Gasteiger partial charge on any atom is 0.247 e. The summed E-state index contributed by atoms with van der Waals surface area (Å²) in [5.74, 6) is 1.37. The van der Waals surface area contributed by atoms with Crippen molar-refractivity contribution in [2.24, 2.45) is 0 Å². The summed E-state index contributed by atoms with van der Waals surface area (Å²) in [6, 6.07) is 0. The van der Waals surface area contributed by atoms with Crippen molar-refractivity contribution in [2.45, 2.75) is 70.0 Å². The monoisotopic (exact) mass is 300 g/mol. The van der Waals surface area contributed by atoms with Gasteiger partial charge in [0.15, 0.2) is 15.7 Å². The van der Waals surface area contributed by atoms with Gasteiger partial charge in [-0.05, 0) is 33.1 Å². The van der Waals surface area contributed by atoms with Crippen LogP contribution in [0.15, 0.2) is 4.52 Å². The fraction of sp³-hybridized carbons (Fsp3) is 0.857. The van der Waals surface area contributed by atoms with E-state index < -0.39 is 14.6 Å². The van der Waals surface area contributed by atoms with Crippen LogP contribution >= 0.6 is 0 Å². The molecule has 6 heteroatoms. The number of aromatic nitrogens is 2. The third-order valence-electron chi connectivity index (χ3n) is 4.18. The van der Waals surface area contributed by atoms with E-state index in [4.69, 9.17) is 4.52 Å². The van der Waals surface area contributed by atoms with Gasteiger partial charge in [-0.15, -0.1) is 0 Å². The summed E-state index contributed by atoms with van der Waals surface area (Å²) in [7, 11) is -3.28. The van der Waals surface area contributed by atoms with Gasteiger partial charge < -0.3 is 4.52 Å². The Labute approximate surface area is 121 Å². The molecule has 0 radical (unpaired) electrons. The zero-order valence-electron chi connectivity index (χ0n) is 12.6. The van der Waals surface area contributed by atoms with E-state index in [1.54, 1.807) is 13.8 Å².